The molecule has 4 heteroatoms. The number of ether oxygens (including phenoxy) is 1. The van der Waals surface area contributed by atoms with Crippen LogP contribution >= 0.6 is 0 Å². The van der Waals surface area contributed by atoms with Crippen molar-refractivity contribution >= 4 is 5.97 Å². The van der Waals surface area contributed by atoms with Crippen molar-refractivity contribution in [3.63, 3.8) is 0 Å². The lowest BCUT2D eigenvalue weighted by atomic mass is 10.2. The van der Waals surface area contributed by atoms with Gasteiger partial charge in [-0.2, -0.15) is 0 Å². The first-order chi connectivity index (χ1) is 7.08. The number of morpholine rings is 1. The molecule has 86 valence electrons. The third-order valence-corrected chi connectivity index (χ3v) is 2.38. The average Bonchev–Trinajstić information content (AvgIpc) is 2.14. The summed E-state index contributed by atoms with van der Waals surface area (Å²) >= 11 is 0. The highest BCUT2D eigenvalue weighted by molar-refractivity contribution is 5.67. The van der Waals surface area contributed by atoms with Gasteiger partial charge in [0.1, 0.15) is 0 Å². The standard InChI is InChI=1S/C11H19NO3/c1-9(2)3-4-12-5-6-15-10(8-12)7-11(13)14/h3,10H,4-8H2,1-2H3,(H,13,14). The summed E-state index contributed by atoms with van der Waals surface area (Å²) < 4.78 is 5.38. The van der Waals surface area contributed by atoms with E-state index < -0.39 is 5.97 Å². The Kier molecular flexibility index (Phi) is 4.78. The molecule has 1 rings (SSSR count). The van der Waals surface area contributed by atoms with Crippen LogP contribution in [0.15, 0.2) is 11.6 Å². The molecule has 0 spiro atoms. The molecule has 0 amide bonds. The number of aliphatic carboxylic acids is 1. The molecular formula is C11H19NO3. The van der Waals surface area contributed by atoms with Crippen LogP contribution in [0.25, 0.3) is 0 Å². The maximum absolute atomic E-state index is 10.5. The Bertz CT molecular complexity index is 246. The van der Waals surface area contributed by atoms with Crippen molar-refractivity contribution in [2.24, 2.45) is 0 Å². The van der Waals surface area contributed by atoms with Gasteiger partial charge in [0.25, 0.3) is 0 Å². The highest BCUT2D eigenvalue weighted by Gasteiger charge is 2.21. The molecule has 4 nitrogen and oxygen atoms in total. The first-order valence-electron chi connectivity index (χ1n) is 5.27. The van der Waals surface area contributed by atoms with E-state index in [9.17, 15) is 4.79 Å². The second kappa shape index (κ2) is 5.88. The van der Waals surface area contributed by atoms with Crippen molar-refractivity contribution in [1.29, 1.82) is 0 Å². The third kappa shape index (κ3) is 4.95. The fraction of sp³-hybridized carbons (Fsp3) is 0.727. The molecule has 0 aliphatic carbocycles. The predicted molar refractivity (Wildman–Crippen MR) is 57.9 cm³/mol. The summed E-state index contributed by atoms with van der Waals surface area (Å²) in [5, 5.41) is 8.66. The van der Waals surface area contributed by atoms with Crippen LogP contribution < -0.4 is 0 Å². The number of hydrogen-bond acceptors (Lipinski definition) is 3. The maximum Gasteiger partial charge on any atom is 0.306 e. The minimum atomic E-state index is -0.788. The van der Waals surface area contributed by atoms with Crippen molar-refractivity contribution in [1.82, 2.24) is 4.90 Å². The van der Waals surface area contributed by atoms with Crippen molar-refractivity contribution in [3.05, 3.63) is 11.6 Å². The molecule has 0 radical (unpaired) electrons. The van der Waals surface area contributed by atoms with Gasteiger partial charge in [-0.1, -0.05) is 11.6 Å². The van der Waals surface area contributed by atoms with Crippen molar-refractivity contribution in [3.8, 4) is 0 Å². The maximum atomic E-state index is 10.5. The molecule has 0 aromatic carbocycles. The van der Waals surface area contributed by atoms with E-state index in [1.165, 1.54) is 5.57 Å². The van der Waals surface area contributed by atoms with Gasteiger partial charge in [-0.3, -0.25) is 9.69 Å². The summed E-state index contributed by atoms with van der Waals surface area (Å²) in [6.07, 6.45) is 2.11. The van der Waals surface area contributed by atoms with Crippen LogP contribution in [0.3, 0.4) is 0 Å². The van der Waals surface area contributed by atoms with Gasteiger partial charge in [-0.05, 0) is 13.8 Å². The summed E-state index contributed by atoms with van der Waals surface area (Å²) in [5.74, 6) is -0.788. The normalized spacial score (nSPS) is 22.4. The van der Waals surface area contributed by atoms with Gasteiger partial charge in [0.15, 0.2) is 0 Å². The third-order valence-electron chi connectivity index (χ3n) is 2.38. The minimum absolute atomic E-state index is 0.103. The van der Waals surface area contributed by atoms with E-state index in [0.29, 0.717) is 6.61 Å². The molecule has 0 aromatic heterocycles. The Morgan fingerprint density at radius 2 is 2.33 bits per heavy atom. The Labute approximate surface area is 90.5 Å². The lowest BCUT2D eigenvalue weighted by Gasteiger charge is -2.31. The van der Waals surface area contributed by atoms with E-state index in [4.69, 9.17) is 9.84 Å². The van der Waals surface area contributed by atoms with Crippen LogP contribution in [0.4, 0.5) is 0 Å². The zero-order chi connectivity index (χ0) is 11.3. The van der Waals surface area contributed by atoms with Gasteiger partial charge in [0.05, 0.1) is 19.1 Å². The quantitative estimate of drug-likeness (QED) is 0.711. The van der Waals surface area contributed by atoms with Gasteiger partial charge in [0.2, 0.25) is 0 Å². The topological polar surface area (TPSA) is 49.8 Å². The van der Waals surface area contributed by atoms with Crippen molar-refractivity contribution < 1.29 is 14.6 Å². The molecule has 15 heavy (non-hydrogen) atoms. The number of allylic oxidation sites excluding steroid dienone is 1. The SMILES string of the molecule is CC(C)=CCN1CCOC(CC(=O)O)C1. The Morgan fingerprint density at radius 1 is 1.60 bits per heavy atom. The molecule has 1 saturated heterocycles. The highest BCUT2D eigenvalue weighted by atomic mass is 16.5. The lowest BCUT2D eigenvalue weighted by molar-refractivity contribution is -0.142. The summed E-state index contributed by atoms with van der Waals surface area (Å²) in [6.45, 7) is 7.26. The molecule has 1 unspecified atom stereocenters. The van der Waals surface area contributed by atoms with Crippen LogP contribution in [0, 0.1) is 0 Å². The van der Waals surface area contributed by atoms with E-state index in [-0.39, 0.29) is 12.5 Å². The van der Waals surface area contributed by atoms with Gasteiger partial charge in [-0.25, -0.2) is 0 Å². The van der Waals surface area contributed by atoms with Crippen LogP contribution in [-0.4, -0.2) is 48.3 Å². The first-order valence-corrected chi connectivity index (χ1v) is 5.27. The average molecular weight is 213 g/mol. The Balaban J connectivity index is 2.35. The molecule has 1 heterocycles. The van der Waals surface area contributed by atoms with E-state index in [0.717, 1.165) is 19.6 Å². The van der Waals surface area contributed by atoms with Gasteiger partial charge in [-0.15, -0.1) is 0 Å². The highest BCUT2D eigenvalue weighted by Crippen LogP contribution is 2.08. The van der Waals surface area contributed by atoms with Gasteiger partial charge >= 0.3 is 5.97 Å². The van der Waals surface area contributed by atoms with E-state index in [1.807, 2.05) is 0 Å². The molecule has 1 aliphatic heterocycles. The fourth-order valence-electron chi connectivity index (χ4n) is 1.58. The van der Waals surface area contributed by atoms with Crippen LogP contribution in [0.2, 0.25) is 0 Å². The molecule has 1 N–H and O–H groups in total. The molecule has 1 fully saturated rings. The van der Waals surface area contributed by atoms with Gasteiger partial charge in [0, 0.05) is 19.6 Å². The van der Waals surface area contributed by atoms with E-state index >= 15 is 0 Å². The number of nitrogens with zero attached hydrogens (tertiary/aromatic N) is 1. The summed E-state index contributed by atoms with van der Waals surface area (Å²) in [5.41, 5.74) is 1.29. The lowest BCUT2D eigenvalue weighted by Crippen LogP contribution is -2.43. The van der Waals surface area contributed by atoms with Crippen molar-refractivity contribution in [2.75, 3.05) is 26.2 Å². The summed E-state index contributed by atoms with van der Waals surface area (Å²) in [7, 11) is 0. The monoisotopic (exact) mass is 213 g/mol. The summed E-state index contributed by atoms with van der Waals surface area (Å²) in [6, 6.07) is 0. The fourth-order valence-corrected chi connectivity index (χ4v) is 1.58. The van der Waals surface area contributed by atoms with Crippen LogP contribution in [-0.2, 0) is 9.53 Å². The number of hydrogen-bond donors (Lipinski definition) is 1. The van der Waals surface area contributed by atoms with Crippen molar-refractivity contribution in [2.45, 2.75) is 26.4 Å². The molecule has 0 aromatic rings. The predicted octanol–water partition coefficient (Wildman–Crippen LogP) is 1.13. The van der Waals surface area contributed by atoms with E-state index in [1.54, 1.807) is 0 Å². The smallest absolute Gasteiger partial charge is 0.306 e. The van der Waals surface area contributed by atoms with Gasteiger partial charge < -0.3 is 9.84 Å². The zero-order valence-electron chi connectivity index (χ0n) is 9.40. The molecule has 0 bridgehead atoms. The number of carboxylic acids is 1. The molecule has 1 aliphatic rings. The molecule has 1 atom stereocenters. The molecular weight excluding hydrogens is 194 g/mol. The largest absolute Gasteiger partial charge is 0.481 e. The molecule has 0 saturated carbocycles. The number of carboxylic acid groups (broad SMARTS) is 1. The minimum Gasteiger partial charge on any atom is -0.481 e. The van der Waals surface area contributed by atoms with Crippen LogP contribution in [0.5, 0.6) is 0 Å². The Morgan fingerprint density at radius 3 is 2.93 bits per heavy atom. The summed E-state index contributed by atoms with van der Waals surface area (Å²) in [4.78, 5) is 12.8. The second-order valence-electron chi connectivity index (χ2n) is 4.13. The first kappa shape index (κ1) is 12.2. The second-order valence-corrected chi connectivity index (χ2v) is 4.13. The van der Waals surface area contributed by atoms with Crippen LogP contribution in [0.1, 0.15) is 20.3 Å². The number of carbonyl (C=O) groups is 1. The zero-order valence-corrected chi connectivity index (χ0v) is 9.40. The number of rotatable bonds is 4. The van der Waals surface area contributed by atoms with E-state index in [2.05, 4.69) is 24.8 Å². The Hall–Kier alpha value is -0.870.